The van der Waals surface area contributed by atoms with Crippen molar-refractivity contribution >= 4 is 21.8 Å². The van der Waals surface area contributed by atoms with Gasteiger partial charge in [0.2, 0.25) is 0 Å². The number of hydrogen-bond donors (Lipinski definition) is 0. The van der Waals surface area contributed by atoms with E-state index in [9.17, 15) is 18.0 Å². The minimum Gasteiger partial charge on any atom is -0.338 e. The number of carbonyl (C=O) groups excluding carboxylic acids is 2. The van der Waals surface area contributed by atoms with Gasteiger partial charge in [-0.1, -0.05) is 0 Å². The number of pyridine rings is 1. The number of aryl methyl sites for hydroxylation is 1. The van der Waals surface area contributed by atoms with E-state index in [0.29, 0.717) is 13.1 Å². The van der Waals surface area contributed by atoms with E-state index < -0.39 is 15.9 Å². The normalized spacial score (nSPS) is 20.5. The van der Waals surface area contributed by atoms with Gasteiger partial charge in [-0.2, -0.15) is 0 Å². The summed E-state index contributed by atoms with van der Waals surface area (Å²) in [6, 6.07) is 8.28. The first kappa shape index (κ1) is 18.6. The van der Waals surface area contributed by atoms with Crippen LogP contribution in [0.2, 0.25) is 0 Å². The molecule has 2 aromatic rings. The number of sulfonamides is 1. The highest BCUT2D eigenvalue weighted by atomic mass is 32.2. The van der Waals surface area contributed by atoms with Crippen LogP contribution in [0.4, 0.5) is 0 Å². The van der Waals surface area contributed by atoms with Gasteiger partial charge in [0.15, 0.2) is 0 Å². The lowest BCUT2D eigenvalue weighted by Gasteiger charge is -2.17. The quantitative estimate of drug-likeness (QED) is 0.789. The zero-order chi connectivity index (χ0) is 20.1. The fourth-order valence-electron chi connectivity index (χ4n) is 3.87. The molecule has 1 aromatic heterocycles. The van der Waals surface area contributed by atoms with Gasteiger partial charge in [-0.25, -0.2) is 12.7 Å². The lowest BCUT2D eigenvalue weighted by atomic mass is 10.0. The molecule has 1 unspecified atom stereocenters. The monoisotopic (exact) mass is 399 g/mol. The average molecular weight is 399 g/mol. The molecule has 8 heteroatoms. The first-order valence-electron chi connectivity index (χ1n) is 9.26. The van der Waals surface area contributed by atoms with Crippen molar-refractivity contribution in [3.05, 3.63) is 58.9 Å². The van der Waals surface area contributed by atoms with E-state index in [1.165, 1.54) is 18.2 Å². The van der Waals surface area contributed by atoms with Gasteiger partial charge < -0.3 is 4.90 Å². The Labute approximate surface area is 164 Å². The van der Waals surface area contributed by atoms with Gasteiger partial charge in [0.1, 0.15) is 4.90 Å². The van der Waals surface area contributed by atoms with Gasteiger partial charge in [-0.05, 0) is 56.2 Å². The summed E-state index contributed by atoms with van der Waals surface area (Å²) in [5, 5.41) is 0. The van der Waals surface area contributed by atoms with Crippen molar-refractivity contribution in [3.63, 3.8) is 0 Å². The molecule has 2 aliphatic heterocycles. The summed E-state index contributed by atoms with van der Waals surface area (Å²) in [5.41, 5.74) is 2.51. The summed E-state index contributed by atoms with van der Waals surface area (Å²) in [6.07, 6.45) is 2.59. The van der Waals surface area contributed by atoms with E-state index >= 15 is 0 Å². The molecule has 1 saturated heterocycles. The topological polar surface area (TPSA) is 87.7 Å². The fraction of sp³-hybridized carbons (Fsp3) is 0.350. The number of fused-ring (bicyclic) bond motifs is 1. The third-order valence-electron chi connectivity index (χ3n) is 5.37. The zero-order valence-electron chi connectivity index (χ0n) is 15.8. The van der Waals surface area contributed by atoms with E-state index in [4.69, 9.17) is 0 Å². The number of carbonyl (C=O) groups is 2. The molecule has 1 fully saturated rings. The number of amides is 2. The lowest BCUT2D eigenvalue weighted by Crippen LogP contribution is -2.29. The van der Waals surface area contributed by atoms with Crippen LogP contribution < -0.4 is 0 Å². The Kier molecular flexibility index (Phi) is 4.45. The van der Waals surface area contributed by atoms with E-state index in [-0.39, 0.29) is 34.4 Å². The number of aromatic nitrogens is 1. The van der Waals surface area contributed by atoms with Crippen LogP contribution >= 0.6 is 0 Å². The number of likely N-dealkylation sites (tertiary alicyclic amines) is 1. The Bertz CT molecular complexity index is 1080. The van der Waals surface area contributed by atoms with Crippen LogP contribution in [-0.4, -0.2) is 54.1 Å². The van der Waals surface area contributed by atoms with Crippen molar-refractivity contribution in [2.75, 3.05) is 19.6 Å². The minimum atomic E-state index is -3.88. The van der Waals surface area contributed by atoms with Gasteiger partial charge in [0.25, 0.3) is 21.8 Å². The van der Waals surface area contributed by atoms with Crippen molar-refractivity contribution < 1.29 is 18.0 Å². The van der Waals surface area contributed by atoms with Crippen LogP contribution in [0.15, 0.2) is 41.4 Å². The zero-order valence-corrected chi connectivity index (χ0v) is 16.6. The highest BCUT2D eigenvalue weighted by Crippen LogP contribution is 2.32. The van der Waals surface area contributed by atoms with Crippen molar-refractivity contribution in [3.8, 4) is 0 Å². The fourth-order valence-corrected chi connectivity index (χ4v) is 5.48. The first-order valence-corrected chi connectivity index (χ1v) is 10.7. The van der Waals surface area contributed by atoms with Crippen molar-refractivity contribution in [1.29, 1.82) is 0 Å². The second-order valence-electron chi connectivity index (χ2n) is 7.18. The summed E-state index contributed by atoms with van der Waals surface area (Å²) >= 11 is 0. The van der Waals surface area contributed by atoms with Crippen LogP contribution in [-0.2, 0) is 10.0 Å². The Morgan fingerprint density at radius 1 is 1.25 bits per heavy atom. The van der Waals surface area contributed by atoms with Crippen LogP contribution in [0, 0.1) is 6.92 Å². The molecule has 0 aliphatic carbocycles. The molecule has 146 valence electrons. The highest BCUT2D eigenvalue weighted by molar-refractivity contribution is 7.90. The molecule has 0 bridgehead atoms. The van der Waals surface area contributed by atoms with Crippen molar-refractivity contribution in [2.45, 2.75) is 31.1 Å². The maximum Gasteiger partial charge on any atom is 0.268 e. The van der Waals surface area contributed by atoms with Gasteiger partial charge in [0.05, 0.1) is 5.56 Å². The molecule has 3 heterocycles. The summed E-state index contributed by atoms with van der Waals surface area (Å²) in [5.74, 6) is -0.599. The third-order valence-corrected chi connectivity index (χ3v) is 7.27. The van der Waals surface area contributed by atoms with Gasteiger partial charge >= 0.3 is 0 Å². The molecule has 1 atom stereocenters. The maximum absolute atomic E-state index is 12.9. The standard InChI is InChI=1S/C20H21N3O4S/c1-3-23-20(25)16-5-4-14(11-18(16)28(23,26)27)19(24)22-9-7-15(12-22)17-10-13(2)6-8-21-17/h4-6,8,10-11,15H,3,7,9,12H2,1-2H3. The van der Waals surface area contributed by atoms with Gasteiger partial charge in [-0.3, -0.25) is 14.6 Å². The van der Waals surface area contributed by atoms with Crippen LogP contribution in [0.1, 0.15) is 51.2 Å². The number of hydrogen-bond acceptors (Lipinski definition) is 5. The molecule has 7 nitrogen and oxygen atoms in total. The highest BCUT2D eigenvalue weighted by Gasteiger charge is 2.41. The molecular formula is C20H21N3O4S. The van der Waals surface area contributed by atoms with Crippen LogP contribution in [0.25, 0.3) is 0 Å². The maximum atomic E-state index is 12.9. The number of benzene rings is 1. The lowest BCUT2D eigenvalue weighted by molar-refractivity contribution is 0.0789. The molecular weight excluding hydrogens is 378 g/mol. The molecule has 4 rings (SSSR count). The molecule has 0 N–H and O–H groups in total. The smallest absolute Gasteiger partial charge is 0.268 e. The molecule has 1 aromatic carbocycles. The summed E-state index contributed by atoms with van der Waals surface area (Å²) < 4.78 is 26.0. The molecule has 0 spiro atoms. The Hall–Kier alpha value is -2.74. The molecule has 0 radical (unpaired) electrons. The summed E-state index contributed by atoms with van der Waals surface area (Å²) in [7, 11) is -3.88. The van der Waals surface area contributed by atoms with Crippen LogP contribution in [0.3, 0.4) is 0 Å². The molecule has 2 amide bonds. The van der Waals surface area contributed by atoms with Gasteiger partial charge in [0, 0.05) is 43.0 Å². The minimum absolute atomic E-state index is 0.0659. The second kappa shape index (κ2) is 6.70. The van der Waals surface area contributed by atoms with Crippen molar-refractivity contribution in [1.82, 2.24) is 14.2 Å². The SMILES string of the molecule is CCN1C(=O)c2ccc(C(=O)N3CCC(c4cc(C)ccn4)C3)cc2S1(=O)=O. The van der Waals surface area contributed by atoms with E-state index in [1.54, 1.807) is 18.0 Å². The van der Waals surface area contributed by atoms with Crippen molar-refractivity contribution in [2.24, 2.45) is 0 Å². The summed E-state index contributed by atoms with van der Waals surface area (Å²) in [6.45, 7) is 4.81. The average Bonchev–Trinajstić information content (AvgIpc) is 3.23. The van der Waals surface area contributed by atoms with Gasteiger partial charge in [-0.15, -0.1) is 0 Å². The molecule has 28 heavy (non-hydrogen) atoms. The number of rotatable bonds is 3. The predicted octanol–water partition coefficient (Wildman–Crippen LogP) is 2.18. The Balaban J connectivity index is 1.58. The van der Waals surface area contributed by atoms with E-state index in [1.807, 2.05) is 19.1 Å². The Morgan fingerprint density at radius 2 is 2.04 bits per heavy atom. The van der Waals surface area contributed by atoms with E-state index in [0.717, 1.165) is 22.0 Å². The third kappa shape index (κ3) is 2.88. The number of nitrogens with zero attached hydrogens (tertiary/aromatic N) is 3. The predicted molar refractivity (Wildman–Crippen MR) is 103 cm³/mol. The largest absolute Gasteiger partial charge is 0.338 e. The molecule has 2 aliphatic rings. The van der Waals surface area contributed by atoms with Crippen LogP contribution in [0.5, 0.6) is 0 Å². The second-order valence-corrected chi connectivity index (χ2v) is 9.01. The first-order chi connectivity index (χ1) is 13.3. The molecule has 0 saturated carbocycles. The summed E-state index contributed by atoms with van der Waals surface area (Å²) in [4.78, 5) is 31.3. The Morgan fingerprint density at radius 3 is 2.75 bits per heavy atom. The van der Waals surface area contributed by atoms with E-state index in [2.05, 4.69) is 4.98 Å².